The Balaban J connectivity index is 1.43. The number of carbonyl (C=O) groups excluding carboxylic acids is 2. The molecular formula is C28H35N5O3. The fourth-order valence-electron chi connectivity index (χ4n) is 6.32. The summed E-state index contributed by atoms with van der Waals surface area (Å²) >= 11 is 0. The second-order valence-electron chi connectivity index (χ2n) is 10.9. The summed E-state index contributed by atoms with van der Waals surface area (Å²) in [6.45, 7) is 4.40. The molecule has 0 saturated heterocycles. The summed E-state index contributed by atoms with van der Waals surface area (Å²) < 4.78 is 9.53. The van der Waals surface area contributed by atoms with Gasteiger partial charge in [-0.1, -0.05) is 0 Å². The molecule has 2 aromatic heterocycles. The van der Waals surface area contributed by atoms with E-state index < -0.39 is 0 Å². The summed E-state index contributed by atoms with van der Waals surface area (Å²) in [4.78, 5) is 31.6. The van der Waals surface area contributed by atoms with Gasteiger partial charge in [0.15, 0.2) is 0 Å². The average molecular weight is 490 g/mol. The van der Waals surface area contributed by atoms with Crippen molar-refractivity contribution < 1.29 is 14.3 Å². The van der Waals surface area contributed by atoms with E-state index in [-0.39, 0.29) is 18.1 Å². The van der Waals surface area contributed by atoms with E-state index in [4.69, 9.17) is 9.72 Å². The molecule has 36 heavy (non-hydrogen) atoms. The van der Waals surface area contributed by atoms with Crippen molar-refractivity contribution in [3.8, 4) is 0 Å². The lowest BCUT2D eigenvalue weighted by Gasteiger charge is -2.34. The summed E-state index contributed by atoms with van der Waals surface area (Å²) in [7, 11) is 1.44. The molecule has 2 saturated carbocycles. The topological polar surface area (TPSA) is 82.2 Å². The van der Waals surface area contributed by atoms with Crippen LogP contribution in [0.1, 0.15) is 87.7 Å². The van der Waals surface area contributed by atoms with E-state index in [1.54, 1.807) is 11.8 Å². The molecule has 0 radical (unpaired) electrons. The Labute approximate surface area is 211 Å². The van der Waals surface area contributed by atoms with Crippen molar-refractivity contribution in [3.05, 3.63) is 41.5 Å². The summed E-state index contributed by atoms with van der Waals surface area (Å²) in [5, 5.41) is 4.66. The van der Waals surface area contributed by atoms with Gasteiger partial charge >= 0.3 is 6.09 Å². The lowest BCUT2D eigenvalue weighted by Crippen LogP contribution is -2.42. The number of nitrogens with zero attached hydrogens (tertiary/aromatic N) is 5. The van der Waals surface area contributed by atoms with Crippen molar-refractivity contribution in [1.29, 1.82) is 0 Å². The van der Waals surface area contributed by atoms with Gasteiger partial charge in [0.25, 0.3) is 0 Å². The second kappa shape index (κ2) is 9.05. The van der Waals surface area contributed by atoms with Gasteiger partial charge in [0.2, 0.25) is 0 Å². The first-order valence-electron chi connectivity index (χ1n) is 13.4. The van der Waals surface area contributed by atoms with Gasteiger partial charge in [-0.25, -0.2) is 9.78 Å². The Morgan fingerprint density at radius 1 is 1.08 bits per heavy atom. The van der Waals surface area contributed by atoms with Crippen LogP contribution in [0.25, 0.3) is 11.0 Å². The van der Waals surface area contributed by atoms with E-state index in [0.717, 1.165) is 66.6 Å². The number of ether oxygens (including phenoxy) is 1. The van der Waals surface area contributed by atoms with Crippen LogP contribution in [-0.4, -0.2) is 44.4 Å². The molecule has 2 fully saturated rings. The molecule has 2 aliphatic carbocycles. The quantitative estimate of drug-likeness (QED) is 0.480. The van der Waals surface area contributed by atoms with Crippen molar-refractivity contribution in [2.45, 2.75) is 89.8 Å². The van der Waals surface area contributed by atoms with Gasteiger partial charge in [-0.2, -0.15) is 5.10 Å². The third kappa shape index (κ3) is 4.00. The molecule has 1 aliphatic heterocycles. The molecular weight excluding hydrogens is 454 g/mol. The van der Waals surface area contributed by atoms with Crippen LogP contribution in [0, 0.1) is 5.92 Å². The Hall–Kier alpha value is -3.16. The van der Waals surface area contributed by atoms with Crippen LogP contribution in [0.3, 0.4) is 0 Å². The largest absolute Gasteiger partial charge is 0.452 e. The Morgan fingerprint density at radius 3 is 2.56 bits per heavy atom. The zero-order chi connectivity index (χ0) is 25.0. The molecule has 0 unspecified atom stereocenters. The molecule has 1 amide bonds. The fourth-order valence-corrected chi connectivity index (χ4v) is 6.32. The third-order valence-electron chi connectivity index (χ3n) is 8.54. The molecule has 3 aromatic rings. The second-order valence-corrected chi connectivity index (χ2v) is 10.9. The monoisotopic (exact) mass is 489 g/mol. The van der Waals surface area contributed by atoms with Gasteiger partial charge < -0.3 is 9.30 Å². The minimum absolute atomic E-state index is 0.0794. The van der Waals surface area contributed by atoms with Crippen molar-refractivity contribution in [2.75, 3.05) is 12.0 Å². The maximum Gasteiger partial charge on any atom is 0.414 e. The maximum absolute atomic E-state index is 12.6. The number of rotatable bonds is 5. The number of aromatic nitrogens is 4. The van der Waals surface area contributed by atoms with Crippen LogP contribution < -0.4 is 4.90 Å². The van der Waals surface area contributed by atoms with E-state index >= 15 is 0 Å². The summed E-state index contributed by atoms with van der Waals surface area (Å²) in [5.41, 5.74) is 5.43. The van der Waals surface area contributed by atoms with Gasteiger partial charge in [0.1, 0.15) is 11.6 Å². The van der Waals surface area contributed by atoms with E-state index in [1.165, 1.54) is 25.5 Å². The highest BCUT2D eigenvalue weighted by atomic mass is 16.5. The summed E-state index contributed by atoms with van der Waals surface area (Å²) in [5.74, 6) is 2.14. The number of amides is 1. The number of benzene rings is 1. The van der Waals surface area contributed by atoms with Crippen LogP contribution in [0.15, 0.2) is 24.5 Å². The van der Waals surface area contributed by atoms with Gasteiger partial charge in [-0.15, -0.1) is 0 Å². The number of hydrogen-bond donors (Lipinski definition) is 0. The first kappa shape index (κ1) is 23.3. The predicted octanol–water partition coefficient (Wildman–Crippen LogP) is 5.39. The predicted molar refractivity (Wildman–Crippen MR) is 137 cm³/mol. The number of aryl methyl sites for hydroxylation is 1. The molecule has 0 bridgehead atoms. The molecule has 6 rings (SSSR count). The molecule has 0 N–H and O–H groups in total. The molecule has 8 heteroatoms. The molecule has 1 atom stereocenters. The van der Waals surface area contributed by atoms with Crippen LogP contribution in [0.2, 0.25) is 0 Å². The molecule has 0 spiro atoms. The minimum atomic E-state index is -0.325. The molecule has 1 aromatic carbocycles. The maximum atomic E-state index is 12.6. The highest BCUT2D eigenvalue weighted by molar-refractivity contribution is 5.95. The zero-order valence-electron chi connectivity index (χ0n) is 21.4. The third-order valence-corrected chi connectivity index (χ3v) is 8.54. The van der Waals surface area contributed by atoms with Crippen LogP contribution in [-0.2, 0) is 22.5 Å². The van der Waals surface area contributed by atoms with Gasteiger partial charge in [-0.05, 0) is 88.8 Å². The zero-order valence-corrected chi connectivity index (χ0v) is 21.4. The number of imidazole rings is 1. The number of carbonyl (C=O) groups is 2. The van der Waals surface area contributed by atoms with Crippen LogP contribution >= 0.6 is 0 Å². The first-order valence-corrected chi connectivity index (χ1v) is 13.4. The highest BCUT2D eigenvalue weighted by Crippen LogP contribution is 2.41. The summed E-state index contributed by atoms with van der Waals surface area (Å²) in [6, 6.07) is 4.56. The minimum Gasteiger partial charge on any atom is -0.452 e. The Bertz CT molecular complexity index is 1310. The number of Topliss-reactive ketones (excluding diaryl/α,β-unsaturated/α-hetero) is 1. The van der Waals surface area contributed by atoms with Gasteiger partial charge in [0, 0.05) is 29.8 Å². The van der Waals surface area contributed by atoms with Crippen molar-refractivity contribution in [1.82, 2.24) is 19.3 Å². The lowest BCUT2D eigenvalue weighted by atomic mass is 9.83. The van der Waals surface area contributed by atoms with Crippen LogP contribution in [0.5, 0.6) is 0 Å². The fraction of sp³-hybridized carbons (Fsp3) is 0.571. The van der Waals surface area contributed by atoms with E-state index in [9.17, 15) is 9.59 Å². The normalized spacial score (nSPS) is 24.1. The Morgan fingerprint density at radius 2 is 1.86 bits per heavy atom. The Kier molecular flexibility index (Phi) is 5.85. The number of methoxy groups -OCH3 is 1. The van der Waals surface area contributed by atoms with Gasteiger partial charge in [0.05, 0.1) is 36.6 Å². The van der Waals surface area contributed by atoms with Crippen LogP contribution in [0.4, 0.5) is 10.5 Å². The number of ketones is 1. The number of hydrogen-bond acceptors (Lipinski definition) is 5. The lowest BCUT2D eigenvalue weighted by molar-refractivity contribution is -0.121. The SMILES string of the molecule is COC(=O)N1c2ccc3c(nc(Cn4cc(C5CC5)cn4)n3C3CCC(C(C)=O)CC3)c2CC[C@@H]1C. The van der Waals surface area contributed by atoms with E-state index in [0.29, 0.717) is 24.3 Å². The van der Waals surface area contributed by atoms with Crippen molar-refractivity contribution >= 4 is 28.6 Å². The number of anilines is 1. The standard InChI is InChI=1S/C28H35N5O3/c1-17-4-11-23-24(32(17)28(35)36-3)12-13-25-27(23)30-26(16-31-15-21(14-29-31)20-5-6-20)33(25)22-9-7-19(8-10-22)18(2)34/h12-15,17,19-20,22H,4-11,16H2,1-3H3/t17-,19?,22?/m0/s1. The smallest absolute Gasteiger partial charge is 0.414 e. The van der Waals surface area contributed by atoms with Crippen molar-refractivity contribution in [2.24, 2.45) is 5.92 Å². The van der Waals surface area contributed by atoms with Gasteiger partial charge in [-0.3, -0.25) is 14.4 Å². The summed E-state index contributed by atoms with van der Waals surface area (Å²) in [6.07, 6.45) is 11.9. The average Bonchev–Trinajstić information content (AvgIpc) is 3.52. The molecule has 3 heterocycles. The molecule has 3 aliphatic rings. The molecule has 8 nitrogen and oxygen atoms in total. The highest BCUT2D eigenvalue weighted by Gasteiger charge is 2.33. The van der Waals surface area contributed by atoms with E-state index in [2.05, 4.69) is 34.9 Å². The first-order chi connectivity index (χ1) is 17.4. The van der Waals surface area contributed by atoms with E-state index in [1.807, 2.05) is 10.9 Å². The molecule has 190 valence electrons. The number of fused-ring (bicyclic) bond motifs is 3. The van der Waals surface area contributed by atoms with Crippen molar-refractivity contribution in [3.63, 3.8) is 0 Å².